The van der Waals surface area contributed by atoms with E-state index in [2.05, 4.69) is 0 Å². The fraction of sp³-hybridized carbons (Fsp3) is 0.500. The zero-order valence-electron chi connectivity index (χ0n) is 14.0. The molecule has 1 amide bonds. The monoisotopic (exact) mass is 432 g/mol. The van der Waals surface area contributed by atoms with Crippen molar-refractivity contribution in [3.05, 3.63) is 28.6 Å². The van der Waals surface area contributed by atoms with E-state index in [1.807, 2.05) is 0 Å². The molecule has 0 spiro atoms. The molecule has 8 nitrogen and oxygen atoms in total. The largest absolute Gasteiger partial charge is 0.481 e. The molecule has 146 valence electrons. The fourth-order valence-electron chi connectivity index (χ4n) is 3.82. The molecule has 11 heteroatoms. The summed E-state index contributed by atoms with van der Waals surface area (Å²) in [4.78, 5) is 26.0. The van der Waals surface area contributed by atoms with Crippen molar-refractivity contribution in [2.75, 3.05) is 26.2 Å². The number of hydrogen-bond acceptors (Lipinski definition) is 6. The van der Waals surface area contributed by atoms with E-state index in [0.717, 1.165) is 11.3 Å². The molecule has 1 aromatic heterocycles. The number of aliphatic carboxylic acids is 1. The molecule has 4 atom stereocenters. The van der Waals surface area contributed by atoms with Crippen molar-refractivity contribution in [2.45, 2.75) is 16.4 Å². The minimum absolute atomic E-state index is 0.152. The quantitative estimate of drug-likeness (QED) is 0.708. The third kappa shape index (κ3) is 3.19. The van der Waals surface area contributed by atoms with Crippen LogP contribution in [0, 0.1) is 11.8 Å². The molecule has 1 N–H and O–H groups in total. The Labute approximate surface area is 165 Å². The number of carbonyl (C=O) groups excluding carboxylic acids is 1. The highest BCUT2D eigenvalue weighted by Crippen LogP contribution is 2.40. The Bertz CT molecular complexity index is 906. The predicted octanol–water partition coefficient (Wildman–Crippen LogP) is 0.889. The summed E-state index contributed by atoms with van der Waals surface area (Å²) in [5.74, 6) is -3.02. The number of carboxylic acid groups (broad SMARTS) is 1. The van der Waals surface area contributed by atoms with E-state index in [1.54, 1.807) is 12.2 Å². The first-order valence-electron chi connectivity index (χ1n) is 8.40. The highest BCUT2D eigenvalue weighted by molar-refractivity contribution is 7.91. The summed E-state index contributed by atoms with van der Waals surface area (Å²) in [7, 11) is -3.64. The lowest BCUT2D eigenvalue weighted by Gasteiger charge is -2.36. The van der Waals surface area contributed by atoms with E-state index >= 15 is 0 Å². The number of nitrogens with zero attached hydrogens (tertiary/aromatic N) is 2. The van der Waals surface area contributed by atoms with Crippen molar-refractivity contribution in [3.63, 3.8) is 0 Å². The van der Waals surface area contributed by atoms with Gasteiger partial charge in [-0.1, -0.05) is 23.8 Å². The molecule has 2 fully saturated rings. The summed E-state index contributed by atoms with van der Waals surface area (Å²) < 4.78 is 32.7. The molecule has 4 heterocycles. The van der Waals surface area contributed by atoms with Crippen molar-refractivity contribution >= 4 is 44.8 Å². The third-order valence-electron chi connectivity index (χ3n) is 5.16. The van der Waals surface area contributed by atoms with Crippen molar-refractivity contribution < 1.29 is 27.9 Å². The van der Waals surface area contributed by atoms with Crippen molar-refractivity contribution in [1.82, 2.24) is 9.21 Å². The lowest BCUT2D eigenvalue weighted by molar-refractivity contribution is -0.150. The van der Waals surface area contributed by atoms with Crippen LogP contribution in [-0.4, -0.2) is 73.0 Å². The zero-order valence-corrected chi connectivity index (χ0v) is 16.4. The van der Waals surface area contributed by atoms with Gasteiger partial charge in [0.05, 0.1) is 22.5 Å². The van der Waals surface area contributed by atoms with Crippen molar-refractivity contribution in [3.8, 4) is 0 Å². The number of piperazine rings is 1. The number of fused-ring (bicyclic) bond motifs is 2. The van der Waals surface area contributed by atoms with Crippen LogP contribution in [0.2, 0.25) is 4.34 Å². The standard InChI is InChI=1S/C16H17ClN2O6S2/c17-11-3-4-12(26-11)27(23,24)19-7-5-18(6-8-19)15(20)13-9-1-2-10(25-9)14(13)16(21)22/h1-4,9-10,13-14H,5-8H2,(H,21,22)/t9-,10-,13+,14-/m1/s1. The van der Waals surface area contributed by atoms with E-state index in [1.165, 1.54) is 21.3 Å². The average molecular weight is 433 g/mol. The fourth-order valence-corrected chi connectivity index (χ4v) is 6.88. The number of ether oxygens (including phenoxy) is 1. The smallest absolute Gasteiger partial charge is 0.310 e. The highest BCUT2D eigenvalue weighted by atomic mass is 35.5. The van der Waals surface area contributed by atoms with Crippen LogP contribution in [-0.2, 0) is 24.3 Å². The maximum atomic E-state index is 12.9. The molecule has 0 unspecified atom stereocenters. The van der Waals surface area contributed by atoms with Crippen LogP contribution >= 0.6 is 22.9 Å². The van der Waals surface area contributed by atoms with E-state index < -0.39 is 40.0 Å². The van der Waals surface area contributed by atoms with Gasteiger partial charge in [0.1, 0.15) is 10.1 Å². The number of halogens is 1. The lowest BCUT2D eigenvalue weighted by atomic mass is 9.82. The molecule has 0 radical (unpaired) electrons. The Balaban J connectivity index is 1.44. The Morgan fingerprint density at radius 1 is 1.11 bits per heavy atom. The molecule has 4 rings (SSSR count). The molecule has 0 aliphatic carbocycles. The van der Waals surface area contributed by atoms with Gasteiger partial charge in [-0.2, -0.15) is 4.31 Å². The Morgan fingerprint density at radius 3 is 2.30 bits per heavy atom. The normalized spacial score (nSPS) is 30.8. The molecule has 2 bridgehead atoms. The van der Waals surface area contributed by atoms with Gasteiger partial charge in [-0.15, -0.1) is 11.3 Å². The maximum Gasteiger partial charge on any atom is 0.310 e. The van der Waals surface area contributed by atoms with Crippen LogP contribution in [0.1, 0.15) is 0 Å². The number of hydrogen-bond donors (Lipinski definition) is 1. The zero-order chi connectivity index (χ0) is 19.3. The Kier molecular flexibility index (Phi) is 4.79. The summed E-state index contributed by atoms with van der Waals surface area (Å²) in [6, 6.07) is 3.00. The van der Waals surface area contributed by atoms with Crippen LogP contribution in [0.15, 0.2) is 28.5 Å². The first-order valence-corrected chi connectivity index (χ1v) is 11.0. The van der Waals surface area contributed by atoms with Crippen LogP contribution in [0.5, 0.6) is 0 Å². The molecule has 0 aromatic carbocycles. The molecule has 3 aliphatic heterocycles. The Morgan fingerprint density at radius 2 is 1.74 bits per heavy atom. The minimum Gasteiger partial charge on any atom is -0.481 e. The predicted molar refractivity (Wildman–Crippen MR) is 97.1 cm³/mol. The van der Waals surface area contributed by atoms with Gasteiger partial charge in [0, 0.05) is 26.2 Å². The number of sulfonamides is 1. The second-order valence-electron chi connectivity index (χ2n) is 6.63. The first-order chi connectivity index (χ1) is 12.8. The number of carbonyl (C=O) groups is 2. The lowest BCUT2D eigenvalue weighted by Crippen LogP contribution is -2.54. The van der Waals surface area contributed by atoms with E-state index in [4.69, 9.17) is 16.3 Å². The molecule has 2 saturated heterocycles. The summed E-state index contributed by atoms with van der Waals surface area (Å²) in [5.41, 5.74) is 0. The second-order valence-corrected chi connectivity index (χ2v) is 10.5. The van der Waals surface area contributed by atoms with Crippen LogP contribution in [0.4, 0.5) is 0 Å². The van der Waals surface area contributed by atoms with Gasteiger partial charge in [0.2, 0.25) is 5.91 Å². The Hall–Kier alpha value is -1.46. The molecule has 0 saturated carbocycles. The summed E-state index contributed by atoms with van der Waals surface area (Å²) in [5, 5.41) is 9.45. The number of rotatable bonds is 4. The minimum atomic E-state index is -3.64. The summed E-state index contributed by atoms with van der Waals surface area (Å²) in [6.07, 6.45) is 2.31. The molecule has 3 aliphatic rings. The molecule has 1 aromatic rings. The van der Waals surface area contributed by atoms with Gasteiger partial charge >= 0.3 is 5.97 Å². The van der Waals surface area contributed by atoms with Gasteiger partial charge in [0.25, 0.3) is 10.0 Å². The van der Waals surface area contributed by atoms with Gasteiger partial charge in [0.15, 0.2) is 0 Å². The number of amides is 1. The van der Waals surface area contributed by atoms with Crippen LogP contribution in [0.25, 0.3) is 0 Å². The first kappa shape index (κ1) is 18.9. The van der Waals surface area contributed by atoms with E-state index in [0.29, 0.717) is 4.34 Å². The summed E-state index contributed by atoms with van der Waals surface area (Å²) >= 11 is 6.82. The van der Waals surface area contributed by atoms with E-state index in [-0.39, 0.29) is 36.3 Å². The van der Waals surface area contributed by atoms with Crippen molar-refractivity contribution in [2.24, 2.45) is 11.8 Å². The second kappa shape index (κ2) is 6.85. The van der Waals surface area contributed by atoms with Crippen LogP contribution in [0.3, 0.4) is 0 Å². The molecular formula is C16H17ClN2O6S2. The van der Waals surface area contributed by atoms with Gasteiger partial charge in [-0.25, -0.2) is 8.42 Å². The number of carboxylic acids is 1. The highest BCUT2D eigenvalue weighted by Gasteiger charge is 2.54. The third-order valence-corrected chi connectivity index (χ3v) is 8.76. The maximum absolute atomic E-state index is 12.9. The van der Waals surface area contributed by atoms with E-state index in [9.17, 15) is 23.1 Å². The topological polar surface area (TPSA) is 104 Å². The van der Waals surface area contributed by atoms with Gasteiger partial charge < -0.3 is 14.7 Å². The van der Waals surface area contributed by atoms with Crippen molar-refractivity contribution in [1.29, 1.82) is 0 Å². The van der Waals surface area contributed by atoms with Gasteiger partial charge in [-0.3, -0.25) is 9.59 Å². The summed E-state index contributed by atoms with van der Waals surface area (Å²) in [6.45, 7) is 0.722. The van der Waals surface area contributed by atoms with Gasteiger partial charge in [-0.05, 0) is 12.1 Å². The average Bonchev–Trinajstić information content (AvgIpc) is 3.36. The van der Waals surface area contributed by atoms with Crippen LogP contribution < -0.4 is 0 Å². The number of thiophene rings is 1. The molecule has 27 heavy (non-hydrogen) atoms. The molecular weight excluding hydrogens is 416 g/mol. The SMILES string of the molecule is O=C(O)[C@H]1[C@@H](C(=O)N2CCN(S(=O)(=O)c3ccc(Cl)s3)CC2)[C@H]2C=C[C@H]1O2.